The number of halogens is 2. The Morgan fingerprint density at radius 3 is 2.58 bits per heavy atom. The first-order chi connectivity index (χ1) is 9.24. The first-order valence-corrected chi connectivity index (χ1v) is 6.58. The number of para-hydroxylation sites is 1. The molecule has 1 rings (SSSR count). The molecule has 0 saturated carbocycles. The van der Waals surface area contributed by atoms with E-state index in [9.17, 15) is 8.78 Å². The average molecular weight is 273 g/mol. The quantitative estimate of drug-likeness (QED) is 0.644. The molecule has 0 aliphatic heterocycles. The largest absolute Gasteiger partial charge is 0.434 e. The Balaban J connectivity index is 2.25. The van der Waals surface area contributed by atoms with Crippen molar-refractivity contribution >= 4 is 0 Å². The van der Waals surface area contributed by atoms with E-state index < -0.39 is 6.61 Å². The van der Waals surface area contributed by atoms with Gasteiger partial charge < -0.3 is 15.2 Å². The lowest BCUT2D eigenvalue weighted by Crippen LogP contribution is -2.16. The molecule has 3 nitrogen and oxygen atoms in total. The summed E-state index contributed by atoms with van der Waals surface area (Å²) in [6, 6.07) is 6.80. The van der Waals surface area contributed by atoms with Crippen LogP contribution in [0.5, 0.6) is 5.75 Å². The molecule has 1 aromatic rings. The van der Waals surface area contributed by atoms with E-state index in [1.807, 2.05) is 0 Å². The maximum atomic E-state index is 12.2. The molecule has 0 atom stereocenters. The van der Waals surface area contributed by atoms with Gasteiger partial charge in [-0.15, -0.1) is 0 Å². The Kier molecular flexibility index (Phi) is 8.09. The third-order valence-electron chi connectivity index (χ3n) is 2.77. The second-order valence-electron chi connectivity index (χ2n) is 4.30. The van der Waals surface area contributed by atoms with E-state index in [0.717, 1.165) is 37.8 Å². The molecule has 108 valence electrons. The molecular weight excluding hydrogens is 252 g/mol. The molecule has 0 unspecified atom stereocenters. The SMILES string of the molecule is OCCCCCCNCc1ccccc1OC(F)F. The summed E-state index contributed by atoms with van der Waals surface area (Å²) in [6.07, 6.45) is 3.93. The lowest BCUT2D eigenvalue weighted by Gasteiger charge is -2.11. The van der Waals surface area contributed by atoms with Crippen LogP contribution >= 0.6 is 0 Å². The first kappa shape index (κ1) is 15.9. The highest BCUT2D eigenvalue weighted by molar-refractivity contribution is 5.33. The minimum absolute atomic E-state index is 0.227. The zero-order valence-electron chi connectivity index (χ0n) is 10.9. The average Bonchev–Trinajstić information content (AvgIpc) is 2.39. The zero-order chi connectivity index (χ0) is 13.9. The molecule has 1 aromatic carbocycles. The van der Waals surface area contributed by atoms with Crippen molar-refractivity contribution in [2.24, 2.45) is 0 Å². The lowest BCUT2D eigenvalue weighted by molar-refractivity contribution is -0.0504. The molecular formula is C14H21F2NO2. The van der Waals surface area contributed by atoms with Crippen LogP contribution in [-0.4, -0.2) is 24.9 Å². The third kappa shape index (κ3) is 7.08. The van der Waals surface area contributed by atoms with Crippen molar-refractivity contribution in [2.75, 3.05) is 13.2 Å². The topological polar surface area (TPSA) is 41.5 Å². The van der Waals surface area contributed by atoms with Gasteiger partial charge in [-0.05, 0) is 25.5 Å². The summed E-state index contributed by atoms with van der Waals surface area (Å²) in [6.45, 7) is -1.21. The van der Waals surface area contributed by atoms with Crippen molar-refractivity contribution in [3.8, 4) is 5.75 Å². The van der Waals surface area contributed by atoms with Crippen LogP contribution < -0.4 is 10.1 Å². The Labute approximate surface area is 112 Å². The number of unbranched alkanes of at least 4 members (excludes halogenated alkanes) is 3. The van der Waals surface area contributed by atoms with E-state index in [1.54, 1.807) is 24.3 Å². The van der Waals surface area contributed by atoms with Gasteiger partial charge in [0.2, 0.25) is 0 Å². The smallest absolute Gasteiger partial charge is 0.387 e. The molecule has 0 amide bonds. The predicted molar refractivity (Wildman–Crippen MR) is 70.3 cm³/mol. The number of hydrogen-bond acceptors (Lipinski definition) is 3. The van der Waals surface area contributed by atoms with Crippen molar-refractivity contribution in [1.82, 2.24) is 5.32 Å². The van der Waals surface area contributed by atoms with Crippen LogP contribution in [0.25, 0.3) is 0 Å². The number of benzene rings is 1. The van der Waals surface area contributed by atoms with Gasteiger partial charge in [-0.1, -0.05) is 31.0 Å². The summed E-state index contributed by atoms with van der Waals surface area (Å²) in [4.78, 5) is 0. The summed E-state index contributed by atoms with van der Waals surface area (Å²) in [5.74, 6) is 0.227. The second-order valence-corrected chi connectivity index (χ2v) is 4.30. The molecule has 0 fully saturated rings. The summed E-state index contributed by atoms with van der Waals surface area (Å²) >= 11 is 0. The van der Waals surface area contributed by atoms with Crippen LogP contribution in [0.3, 0.4) is 0 Å². The number of aliphatic hydroxyl groups excluding tert-OH is 1. The Morgan fingerprint density at radius 2 is 1.84 bits per heavy atom. The van der Waals surface area contributed by atoms with E-state index in [0.29, 0.717) is 6.54 Å². The molecule has 0 bridgehead atoms. The molecule has 2 N–H and O–H groups in total. The molecule has 0 spiro atoms. The molecule has 0 aliphatic rings. The maximum absolute atomic E-state index is 12.2. The van der Waals surface area contributed by atoms with Gasteiger partial charge in [0.15, 0.2) is 0 Å². The van der Waals surface area contributed by atoms with E-state index in [-0.39, 0.29) is 12.4 Å². The molecule has 19 heavy (non-hydrogen) atoms. The van der Waals surface area contributed by atoms with Crippen LogP contribution in [0.4, 0.5) is 8.78 Å². The maximum Gasteiger partial charge on any atom is 0.387 e. The summed E-state index contributed by atoms with van der Waals surface area (Å²) < 4.78 is 28.9. The number of ether oxygens (including phenoxy) is 1. The minimum atomic E-state index is -2.79. The normalized spacial score (nSPS) is 10.9. The molecule has 0 saturated heterocycles. The molecule has 0 heterocycles. The van der Waals surface area contributed by atoms with E-state index in [4.69, 9.17) is 5.11 Å². The Morgan fingerprint density at radius 1 is 1.11 bits per heavy atom. The van der Waals surface area contributed by atoms with Gasteiger partial charge in [0.05, 0.1) is 0 Å². The van der Waals surface area contributed by atoms with Crippen molar-refractivity contribution in [2.45, 2.75) is 38.8 Å². The summed E-state index contributed by atoms with van der Waals surface area (Å²) in [5.41, 5.74) is 0.734. The number of rotatable bonds is 10. The van der Waals surface area contributed by atoms with Gasteiger partial charge in [-0.25, -0.2) is 0 Å². The number of nitrogens with one attached hydrogen (secondary N) is 1. The van der Waals surface area contributed by atoms with Gasteiger partial charge in [-0.2, -0.15) is 8.78 Å². The van der Waals surface area contributed by atoms with E-state index in [2.05, 4.69) is 10.1 Å². The fourth-order valence-corrected chi connectivity index (χ4v) is 1.80. The van der Waals surface area contributed by atoms with Crippen molar-refractivity contribution in [1.29, 1.82) is 0 Å². The van der Waals surface area contributed by atoms with Gasteiger partial charge in [0.1, 0.15) is 5.75 Å². The summed E-state index contributed by atoms with van der Waals surface area (Å²) in [5, 5.41) is 11.8. The zero-order valence-corrected chi connectivity index (χ0v) is 10.9. The third-order valence-corrected chi connectivity index (χ3v) is 2.77. The number of hydrogen-bond donors (Lipinski definition) is 2. The lowest BCUT2D eigenvalue weighted by atomic mass is 10.2. The van der Waals surface area contributed by atoms with Crippen molar-refractivity contribution in [3.63, 3.8) is 0 Å². The van der Waals surface area contributed by atoms with Gasteiger partial charge >= 0.3 is 6.61 Å². The first-order valence-electron chi connectivity index (χ1n) is 6.58. The van der Waals surface area contributed by atoms with Gasteiger partial charge in [0, 0.05) is 18.7 Å². The summed E-state index contributed by atoms with van der Waals surface area (Å²) in [7, 11) is 0. The fourth-order valence-electron chi connectivity index (χ4n) is 1.80. The molecule has 0 aromatic heterocycles. The minimum Gasteiger partial charge on any atom is -0.434 e. The van der Waals surface area contributed by atoms with E-state index in [1.165, 1.54) is 0 Å². The Hall–Kier alpha value is -1.20. The molecule has 0 aliphatic carbocycles. The highest BCUT2D eigenvalue weighted by atomic mass is 19.3. The fraction of sp³-hybridized carbons (Fsp3) is 0.571. The number of aliphatic hydroxyl groups is 1. The van der Waals surface area contributed by atoms with Gasteiger partial charge in [0.25, 0.3) is 0 Å². The van der Waals surface area contributed by atoms with Crippen LogP contribution in [0.1, 0.15) is 31.2 Å². The van der Waals surface area contributed by atoms with Crippen LogP contribution in [-0.2, 0) is 6.54 Å². The monoisotopic (exact) mass is 273 g/mol. The van der Waals surface area contributed by atoms with Crippen molar-refractivity contribution in [3.05, 3.63) is 29.8 Å². The standard InChI is InChI=1S/C14H21F2NO2/c15-14(16)19-13-8-4-3-7-12(13)11-17-9-5-1-2-6-10-18/h3-4,7-8,14,17-18H,1-2,5-6,9-11H2. The van der Waals surface area contributed by atoms with E-state index >= 15 is 0 Å². The highest BCUT2D eigenvalue weighted by Gasteiger charge is 2.08. The molecule has 5 heteroatoms. The Bertz CT molecular complexity index is 348. The molecule has 0 radical (unpaired) electrons. The highest BCUT2D eigenvalue weighted by Crippen LogP contribution is 2.19. The predicted octanol–water partition coefficient (Wildman–Crippen LogP) is 2.93. The van der Waals surface area contributed by atoms with Crippen LogP contribution in [0.2, 0.25) is 0 Å². The number of alkyl halides is 2. The van der Waals surface area contributed by atoms with Gasteiger partial charge in [-0.3, -0.25) is 0 Å². The second kappa shape index (κ2) is 9.69. The van der Waals surface area contributed by atoms with Crippen LogP contribution in [0.15, 0.2) is 24.3 Å². The van der Waals surface area contributed by atoms with Crippen molar-refractivity contribution < 1.29 is 18.6 Å². The van der Waals surface area contributed by atoms with Crippen LogP contribution in [0, 0.1) is 0 Å².